The molecule has 3 aromatic rings. The maximum absolute atomic E-state index is 4.64. The van der Waals surface area contributed by atoms with Crippen molar-refractivity contribution < 1.29 is 0 Å². The van der Waals surface area contributed by atoms with Crippen LogP contribution in [-0.4, -0.2) is 26.3 Å². The molecule has 0 radical (unpaired) electrons. The van der Waals surface area contributed by atoms with Gasteiger partial charge in [-0.15, -0.1) is 10.2 Å². The highest BCUT2D eigenvalue weighted by atomic mass is 32.1. The van der Waals surface area contributed by atoms with Gasteiger partial charge in [0.2, 0.25) is 0 Å². The molecule has 0 unspecified atom stereocenters. The lowest BCUT2D eigenvalue weighted by Gasteiger charge is -2.24. The lowest BCUT2D eigenvalue weighted by Crippen LogP contribution is -2.27. The Labute approximate surface area is 133 Å². The molecule has 22 heavy (non-hydrogen) atoms. The molecule has 1 aromatic carbocycles. The average molecular weight is 313 g/mol. The summed E-state index contributed by atoms with van der Waals surface area (Å²) in [5.74, 6) is 2.87. The third-order valence-electron chi connectivity index (χ3n) is 4.27. The monoisotopic (exact) mass is 313 g/mol. The molecule has 3 heterocycles. The molecule has 114 valence electrons. The van der Waals surface area contributed by atoms with E-state index in [4.69, 9.17) is 0 Å². The predicted molar refractivity (Wildman–Crippen MR) is 89.3 cm³/mol. The number of para-hydroxylation sites is 1. The van der Waals surface area contributed by atoms with Crippen LogP contribution in [0.15, 0.2) is 24.3 Å². The number of nitrogens with one attached hydrogen (secondary N) is 1. The van der Waals surface area contributed by atoms with Gasteiger partial charge in [0.05, 0.1) is 10.2 Å². The Morgan fingerprint density at radius 2 is 2.23 bits per heavy atom. The fourth-order valence-electron chi connectivity index (χ4n) is 3.06. The first-order chi connectivity index (χ1) is 10.8. The molecule has 1 aliphatic heterocycles. The van der Waals surface area contributed by atoms with Crippen molar-refractivity contribution in [3.05, 3.63) is 35.9 Å². The molecule has 0 amide bonds. The molecule has 0 saturated heterocycles. The summed E-state index contributed by atoms with van der Waals surface area (Å²) < 4.78 is 3.54. The molecule has 1 atom stereocenters. The van der Waals surface area contributed by atoms with Gasteiger partial charge >= 0.3 is 0 Å². The topological polar surface area (TPSA) is 55.6 Å². The van der Waals surface area contributed by atoms with Crippen molar-refractivity contribution in [2.45, 2.75) is 32.7 Å². The van der Waals surface area contributed by atoms with E-state index < -0.39 is 0 Å². The number of nitrogens with zero attached hydrogens (tertiary/aromatic N) is 4. The fraction of sp³-hybridized carbons (Fsp3) is 0.438. The third kappa shape index (κ3) is 2.47. The van der Waals surface area contributed by atoms with Gasteiger partial charge in [-0.1, -0.05) is 30.4 Å². The SMILES string of the molecule is CCc1nnc2n1C[C@@H](CNc1nc3ccccc3s1)CC2. The molecular weight excluding hydrogens is 294 g/mol. The van der Waals surface area contributed by atoms with Crippen molar-refractivity contribution in [2.75, 3.05) is 11.9 Å². The number of benzene rings is 1. The number of hydrogen-bond acceptors (Lipinski definition) is 5. The molecule has 0 aliphatic carbocycles. The molecule has 0 bridgehead atoms. The van der Waals surface area contributed by atoms with E-state index in [0.717, 1.165) is 48.2 Å². The summed E-state index contributed by atoms with van der Waals surface area (Å²) in [4.78, 5) is 4.64. The largest absolute Gasteiger partial charge is 0.361 e. The van der Waals surface area contributed by atoms with Crippen LogP contribution in [0, 0.1) is 5.92 Å². The Morgan fingerprint density at radius 3 is 3.09 bits per heavy atom. The molecule has 5 nitrogen and oxygen atoms in total. The Balaban J connectivity index is 1.44. The second-order valence-corrected chi connectivity index (χ2v) is 6.80. The summed E-state index contributed by atoms with van der Waals surface area (Å²) in [5.41, 5.74) is 1.08. The van der Waals surface area contributed by atoms with E-state index in [1.807, 2.05) is 6.07 Å². The Hall–Kier alpha value is -1.95. The van der Waals surface area contributed by atoms with E-state index in [9.17, 15) is 0 Å². The van der Waals surface area contributed by atoms with E-state index in [1.165, 1.54) is 11.1 Å². The van der Waals surface area contributed by atoms with Gasteiger partial charge in [0.15, 0.2) is 5.13 Å². The number of aromatic nitrogens is 4. The van der Waals surface area contributed by atoms with E-state index >= 15 is 0 Å². The van der Waals surface area contributed by atoms with Crippen LogP contribution in [-0.2, 0) is 19.4 Å². The van der Waals surface area contributed by atoms with Gasteiger partial charge in [-0.2, -0.15) is 0 Å². The standard InChI is InChI=1S/C16H19N5S/c1-2-14-19-20-15-8-7-11(10-21(14)15)9-17-16-18-12-5-3-4-6-13(12)22-16/h3-6,11H,2,7-10H2,1H3,(H,17,18)/t11-/m1/s1. The number of aryl methyl sites for hydroxylation is 2. The zero-order chi connectivity index (χ0) is 14.9. The van der Waals surface area contributed by atoms with Crippen LogP contribution in [0.4, 0.5) is 5.13 Å². The minimum absolute atomic E-state index is 0.612. The van der Waals surface area contributed by atoms with Crippen LogP contribution in [0.25, 0.3) is 10.2 Å². The maximum atomic E-state index is 4.64. The van der Waals surface area contributed by atoms with Crippen LogP contribution < -0.4 is 5.32 Å². The van der Waals surface area contributed by atoms with Crippen LogP contribution in [0.3, 0.4) is 0 Å². The third-order valence-corrected chi connectivity index (χ3v) is 5.27. The smallest absolute Gasteiger partial charge is 0.183 e. The maximum Gasteiger partial charge on any atom is 0.183 e. The zero-order valence-corrected chi connectivity index (χ0v) is 13.4. The zero-order valence-electron chi connectivity index (χ0n) is 12.6. The van der Waals surface area contributed by atoms with Gasteiger partial charge in [0.25, 0.3) is 0 Å². The second-order valence-electron chi connectivity index (χ2n) is 5.77. The number of rotatable bonds is 4. The number of fused-ring (bicyclic) bond motifs is 2. The molecule has 0 fully saturated rings. The predicted octanol–water partition coefficient (Wildman–Crippen LogP) is 3.12. The highest BCUT2D eigenvalue weighted by Crippen LogP contribution is 2.26. The van der Waals surface area contributed by atoms with Crippen LogP contribution >= 0.6 is 11.3 Å². The fourth-order valence-corrected chi connectivity index (χ4v) is 3.93. The van der Waals surface area contributed by atoms with Gasteiger partial charge in [-0.3, -0.25) is 0 Å². The van der Waals surface area contributed by atoms with Gasteiger partial charge in [-0.05, 0) is 24.5 Å². The minimum atomic E-state index is 0.612. The molecule has 2 aromatic heterocycles. The lowest BCUT2D eigenvalue weighted by atomic mass is 9.99. The van der Waals surface area contributed by atoms with E-state index in [0.29, 0.717) is 5.92 Å². The molecule has 4 rings (SSSR count). The Morgan fingerprint density at radius 1 is 1.32 bits per heavy atom. The average Bonchev–Trinajstić information content (AvgIpc) is 3.15. The van der Waals surface area contributed by atoms with Crippen molar-refractivity contribution in [3.8, 4) is 0 Å². The lowest BCUT2D eigenvalue weighted by molar-refractivity contribution is 0.375. The first-order valence-corrected chi connectivity index (χ1v) is 8.65. The molecule has 0 spiro atoms. The first-order valence-electron chi connectivity index (χ1n) is 7.84. The minimum Gasteiger partial charge on any atom is -0.361 e. The van der Waals surface area contributed by atoms with Crippen molar-refractivity contribution in [1.29, 1.82) is 0 Å². The van der Waals surface area contributed by atoms with Gasteiger partial charge < -0.3 is 9.88 Å². The van der Waals surface area contributed by atoms with Crippen molar-refractivity contribution in [3.63, 3.8) is 0 Å². The van der Waals surface area contributed by atoms with Crippen LogP contribution in [0.1, 0.15) is 25.0 Å². The second kappa shape index (κ2) is 5.68. The summed E-state index contributed by atoms with van der Waals surface area (Å²) in [5, 5.41) is 13.1. The van der Waals surface area contributed by atoms with E-state index in [1.54, 1.807) is 11.3 Å². The quantitative estimate of drug-likeness (QED) is 0.804. The Kier molecular flexibility index (Phi) is 3.54. The highest BCUT2D eigenvalue weighted by molar-refractivity contribution is 7.22. The molecule has 0 saturated carbocycles. The van der Waals surface area contributed by atoms with Crippen molar-refractivity contribution in [1.82, 2.24) is 19.7 Å². The number of thiazole rings is 1. The normalized spacial score (nSPS) is 17.6. The van der Waals surface area contributed by atoms with Crippen LogP contribution in [0.5, 0.6) is 0 Å². The van der Waals surface area contributed by atoms with E-state index in [2.05, 4.69) is 50.2 Å². The summed E-state index contributed by atoms with van der Waals surface area (Å²) in [7, 11) is 0. The first kappa shape index (κ1) is 13.7. The summed E-state index contributed by atoms with van der Waals surface area (Å²) in [6.07, 6.45) is 3.14. The number of anilines is 1. The van der Waals surface area contributed by atoms with Crippen molar-refractivity contribution >= 4 is 26.7 Å². The summed E-state index contributed by atoms with van der Waals surface area (Å²) in [6.45, 7) is 4.12. The molecular formula is C16H19N5S. The van der Waals surface area contributed by atoms with Gasteiger partial charge in [0.1, 0.15) is 11.6 Å². The summed E-state index contributed by atoms with van der Waals surface area (Å²) >= 11 is 1.73. The van der Waals surface area contributed by atoms with Crippen LogP contribution in [0.2, 0.25) is 0 Å². The van der Waals surface area contributed by atoms with Crippen molar-refractivity contribution in [2.24, 2.45) is 5.92 Å². The highest BCUT2D eigenvalue weighted by Gasteiger charge is 2.22. The molecule has 1 aliphatic rings. The van der Waals surface area contributed by atoms with E-state index in [-0.39, 0.29) is 0 Å². The number of hydrogen-bond donors (Lipinski definition) is 1. The van der Waals surface area contributed by atoms with Gasteiger partial charge in [0, 0.05) is 25.9 Å². The molecule has 1 N–H and O–H groups in total. The Bertz CT molecular complexity index is 744. The summed E-state index contributed by atoms with van der Waals surface area (Å²) in [6, 6.07) is 8.28. The molecule has 6 heteroatoms. The van der Waals surface area contributed by atoms with Gasteiger partial charge in [-0.25, -0.2) is 4.98 Å².